The zero-order chi connectivity index (χ0) is 19.4. The van der Waals surface area contributed by atoms with Gasteiger partial charge in [0.05, 0.1) is 6.54 Å². The number of hydrogen-bond acceptors (Lipinski definition) is 7. The second-order valence-corrected chi connectivity index (χ2v) is 7.06. The van der Waals surface area contributed by atoms with Crippen molar-refractivity contribution >= 4 is 11.2 Å². The summed E-state index contributed by atoms with van der Waals surface area (Å²) < 4.78 is 2.74. The van der Waals surface area contributed by atoms with Crippen LogP contribution in [0.1, 0.15) is 51.4 Å². The SMILES string of the molecule is CCN(CC)CCNCc1nnc2c(n1)c(=O)n(C)c(=O)n2C1CCCC1. The van der Waals surface area contributed by atoms with Crippen LogP contribution in [0.3, 0.4) is 0 Å². The Hall–Kier alpha value is -2.13. The van der Waals surface area contributed by atoms with Crippen molar-refractivity contribution in [3.05, 3.63) is 26.7 Å². The molecule has 0 radical (unpaired) electrons. The Morgan fingerprint density at radius 1 is 1.15 bits per heavy atom. The van der Waals surface area contributed by atoms with E-state index in [1.807, 2.05) is 0 Å². The topological polar surface area (TPSA) is 97.9 Å². The molecule has 0 unspecified atom stereocenters. The molecule has 1 aliphatic carbocycles. The molecule has 2 aromatic rings. The van der Waals surface area contributed by atoms with Crippen molar-refractivity contribution in [2.45, 2.75) is 52.1 Å². The molecule has 1 aliphatic rings. The molecule has 0 atom stereocenters. The number of hydrogen-bond donors (Lipinski definition) is 1. The van der Waals surface area contributed by atoms with Crippen molar-refractivity contribution in [2.75, 3.05) is 26.2 Å². The Morgan fingerprint density at radius 2 is 1.85 bits per heavy atom. The first kappa shape index (κ1) is 19.6. The van der Waals surface area contributed by atoms with Crippen LogP contribution in [-0.4, -0.2) is 55.4 Å². The lowest BCUT2D eigenvalue weighted by Crippen LogP contribution is -2.40. The summed E-state index contributed by atoms with van der Waals surface area (Å²) in [7, 11) is 1.50. The highest BCUT2D eigenvalue weighted by Gasteiger charge is 2.24. The van der Waals surface area contributed by atoms with Gasteiger partial charge in [0.15, 0.2) is 17.0 Å². The molecule has 3 rings (SSSR count). The van der Waals surface area contributed by atoms with Crippen molar-refractivity contribution in [1.82, 2.24) is 34.5 Å². The highest BCUT2D eigenvalue weighted by atomic mass is 16.2. The molecule has 0 saturated heterocycles. The third-order valence-electron chi connectivity index (χ3n) is 5.41. The second-order valence-electron chi connectivity index (χ2n) is 7.06. The van der Waals surface area contributed by atoms with Crippen molar-refractivity contribution in [2.24, 2.45) is 7.05 Å². The van der Waals surface area contributed by atoms with Crippen molar-refractivity contribution in [1.29, 1.82) is 0 Å². The molecule has 0 bridgehead atoms. The van der Waals surface area contributed by atoms with Gasteiger partial charge in [0.25, 0.3) is 5.56 Å². The van der Waals surface area contributed by atoms with Crippen LogP contribution in [0.2, 0.25) is 0 Å². The summed E-state index contributed by atoms with van der Waals surface area (Å²) in [5.74, 6) is 0.468. The van der Waals surface area contributed by atoms with Crippen molar-refractivity contribution in [3.63, 3.8) is 0 Å². The van der Waals surface area contributed by atoms with Gasteiger partial charge in [-0.3, -0.25) is 13.9 Å². The first-order valence-corrected chi connectivity index (χ1v) is 9.84. The van der Waals surface area contributed by atoms with Gasteiger partial charge in [-0.15, -0.1) is 10.2 Å². The summed E-state index contributed by atoms with van der Waals surface area (Å²) in [5, 5.41) is 11.7. The average molecular weight is 375 g/mol. The summed E-state index contributed by atoms with van der Waals surface area (Å²) in [6, 6.07) is 0.0703. The molecule has 0 aliphatic heterocycles. The van der Waals surface area contributed by atoms with E-state index in [2.05, 4.69) is 39.2 Å². The fourth-order valence-corrected chi connectivity index (χ4v) is 3.70. The lowest BCUT2D eigenvalue weighted by molar-refractivity contribution is 0.301. The maximum Gasteiger partial charge on any atom is 0.332 e. The lowest BCUT2D eigenvalue weighted by atomic mass is 10.2. The van der Waals surface area contributed by atoms with Crippen molar-refractivity contribution < 1.29 is 0 Å². The van der Waals surface area contributed by atoms with Crippen molar-refractivity contribution in [3.8, 4) is 0 Å². The Kier molecular flexibility index (Phi) is 6.33. The van der Waals surface area contributed by atoms with E-state index in [9.17, 15) is 9.59 Å². The predicted octanol–water partition coefficient (Wildman–Crippen LogP) is 0.432. The van der Waals surface area contributed by atoms with Gasteiger partial charge in [0, 0.05) is 26.2 Å². The van der Waals surface area contributed by atoms with E-state index in [1.165, 1.54) is 7.05 Å². The van der Waals surface area contributed by atoms with E-state index in [1.54, 1.807) is 4.57 Å². The van der Waals surface area contributed by atoms with E-state index in [0.717, 1.165) is 56.4 Å². The Morgan fingerprint density at radius 3 is 2.52 bits per heavy atom. The fourth-order valence-electron chi connectivity index (χ4n) is 3.70. The smallest absolute Gasteiger partial charge is 0.308 e. The highest BCUT2D eigenvalue weighted by molar-refractivity contribution is 5.68. The molecule has 1 N–H and O–H groups in total. The van der Waals surface area contributed by atoms with Crippen LogP contribution in [0.15, 0.2) is 9.59 Å². The van der Waals surface area contributed by atoms with Crippen LogP contribution in [0.5, 0.6) is 0 Å². The number of nitrogens with one attached hydrogen (secondary N) is 1. The minimum absolute atomic E-state index is 0.0703. The molecule has 2 heterocycles. The van der Waals surface area contributed by atoms with E-state index in [4.69, 9.17) is 0 Å². The number of rotatable bonds is 8. The quantitative estimate of drug-likeness (QED) is 0.668. The molecule has 0 spiro atoms. The molecule has 9 nitrogen and oxygen atoms in total. The van der Waals surface area contributed by atoms with Gasteiger partial charge in [0.2, 0.25) is 0 Å². The van der Waals surface area contributed by atoms with Crippen LogP contribution in [0.25, 0.3) is 11.2 Å². The summed E-state index contributed by atoms with van der Waals surface area (Å²) in [5.41, 5.74) is -0.217. The summed E-state index contributed by atoms with van der Waals surface area (Å²) in [4.78, 5) is 31.9. The molecular formula is C18H29N7O2. The van der Waals surface area contributed by atoms with E-state index in [0.29, 0.717) is 18.0 Å². The molecule has 9 heteroatoms. The normalized spacial score (nSPS) is 15.3. The number of likely N-dealkylation sites (N-methyl/N-ethyl adjacent to an activating group) is 1. The van der Waals surface area contributed by atoms with E-state index >= 15 is 0 Å². The van der Waals surface area contributed by atoms with Gasteiger partial charge < -0.3 is 10.2 Å². The third-order valence-corrected chi connectivity index (χ3v) is 5.41. The van der Waals surface area contributed by atoms with Crippen LogP contribution in [-0.2, 0) is 13.6 Å². The van der Waals surface area contributed by atoms with Gasteiger partial charge >= 0.3 is 5.69 Å². The maximum atomic E-state index is 12.6. The fraction of sp³-hybridized carbons (Fsp3) is 0.722. The van der Waals surface area contributed by atoms with E-state index in [-0.39, 0.29) is 17.2 Å². The zero-order valence-corrected chi connectivity index (χ0v) is 16.4. The molecule has 148 valence electrons. The molecule has 2 aromatic heterocycles. The van der Waals surface area contributed by atoms with Gasteiger partial charge in [-0.1, -0.05) is 26.7 Å². The maximum absolute atomic E-state index is 12.6. The second kappa shape index (κ2) is 8.71. The monoisotopic (exact) mass is 375 g/mol. The molecule has 0 aromatic carbocycles. The molecule has 1 saturated carbocycles. The van der Waals surface area contributed by atoms with Gasteiger partial charge in [-0.05, 0) is 25.9 Å². The van der Waals surface area contributed by atoms with Gasteiger partial charge in [0.1, 0.15) is 0 Å². The van der Waals surface area contributed by atoms with Crippen LogP contribution < -0.4 is 16.6 Å². The molecular weight excluding hydrogens is 346 g/mol. The minimum Gasteiger partial charge on any atom is -0.308 e. The van der Waals surface area contributed by atoms with Gasteiger partial charge in [-0.25, -0.2) is 9.78 Å². The first-order chi connectivity index (χ1) is 13.1. The number of aromatic nitrogens is 5. The Labute approximate surface area is 158 Å². The van der Waals surface area contributed by atoms with Crippen LogP contribution in [0, 0.1) is 0 Å². The zero-order valence-electron chi connectivity index (χ0n) is 16.4. The first-order valence-electron chi connectivity index (χ1n) is 9.84. The summed E-state index contributed by atoms with van der Waals surface area (Å²) in [6.45, 7) is 8.50. The Balaban J connectivity index is 1.84. The Bertz CT molecular complexity index is 895. The molecule has 1 fully saturated rings. The number of fused-ring (bicyclic) bond motifs is 1. The van der Waals surface area contributed by atoms with Crippen LogP contribution in [0.4, 0.5) is 0 Å². The van der Waals surface area contributed by atoms with E-state index < -0.39 is 5.56 Å². The number of nitrogens with zero attached hydrogens (tertiary/aromatic N) is 6. The predicted molar refractivity (Wildman–Crippen MR) is 104 cm³/mol. The lowest BCUT2D eigenvalue weighted by Gasteiger charge is -2.18. The minimum atomic E-state index is -0.413. The highest BCUT2D eigenvalue weighted by Crippen LogP contribution is 2.29. The largest absolute Gasteiger partial charge is 0.332 e. The van der Waals surface area contributed by atoms with Gasteiger partial charge in [-0.2, -0.15) is 0 Å². The third kappa shape index (κ3) is 4.08. The van der Waals surface area contributed by atoms with Crippen LogP contribution >= 0.6 is 0 Å². The summed E-state index contributed by atoms with van der Waals surface area (Å²) >= 11 is 0. The molecule has 27 heavy (non-hydrogen) atoms. The average Bonchev–Trinajstić information content (AvgIpc) is 3.21. The summed E-state index contributed by atoms with van der Waals surface area (Å²) in [6.07, 6.45) is 4.00. The standard InChI is InChI=1S/C18H29N7O2/c1-4-24(5-2)11-10-19-12-14-20-15-16(22-21-14)25(13-8-6-7-9-13)18(27)23(3)17(15)26/h13,19H,4-12H2,1-3H3. The molecule has 0 amide bonds.